The van der Waals surface area contributed by atoms with Gasteiger partial charge in [0.2, 0.25) is 0 Å². The van der Waals surface area contributed by atoms with Crippen LogP contribution in [0.2, 0.25) is 0 Å². The smallest absolute Gasteiger partial charge is 0.188 e. The molecule has 2 aliphatic heterocycles. The number of rotatable bonds is 5. The number of nitrogens with zero attached hydrogens (tertiary/aromatic N) is 5. The topological polar surface area (TPSA) is 55.1 Å². The number of hydrogen-bond acceptors (Lipinski definition) is 6. The number of hydrazine groups is 1. The number of aromatic nitrogens is 2. The van der Waals surface area contributed by atoms with Gasteiger partial charge in [0.25, 0.3) is 0 Å². The van der Waals surface area contributed by atoms with Crippen LogP contribution in [-0.2, 0) is 4.74 Å². The van der Waals surface area contributed by atoms with E-state index in [9.17, 15) is 4.39 Å². The van der Waals surface area contributed by atoms with E-state index in [0.717, 1.165) is 39.8 Å². The summed E-state index contributed by atoms with van der Waals surface area (Å²) in [4.78, 5) is 9.40. The van der Waals surface area contributed by atoms with Gasteiger partial charge in [-0.2, -0.15) is 0 Å². The lowest BCUT2D eigenvalue weighted by Crippen LogP contribution is -2.47. The number of anilines is 1. The number of aryl methyl sites for hydroxylation is 1. The van der Waals surface area contributed by atoms with Gasteiger partial charge in [-0.1, -0.05) is 36.4 Å². The minimum atomic E-state index is -0.298. The number of ether oxygens (including phenoxy) is 2. The highest BCUT2D eigenvalue weighted by molar-refractivity contribution is 6.03. The summed E-state index contributed by atoms with van der Waals surface area (Å²) in [5.74, 6) is 1.86. The van der Waals surface area contributed by atoms with E-state index in [1.807, 2.05) is 60.2 Å². The van der Waals surface area contributed by atoms with E-state index in [-0.39, 0.29) is 12.0 Å². The van der Waals surface area contributed by atoms with E-state index in [1.165, 1.54) is 12.1 Å². The lowest BCUT2D eigenvalue weighted by atomic mass is 10.1. The zero-order chi connectivity index (χ0) is 25.4. The van der Waals surface area contributed by atoms with Crippen molar-refractivity contribution in [2.75, 3.05) is 25.3 Å². The zero-order valence-corrected chi connectivity index (χ0v) is 20.6. The second-order valence-corrected chi connectivity index (χ2v) is 8.89. The monoisotopic (exact) mass is 495 g/mol. The van der Waals surface area contributed by atoms with Crippen LogP contribution in [0.25, 0.3) is 11.8 Å². The molecule has 37 heavy (non-hydrogen) atoms. The van der Waals surface area contributed by atoms with Crippen molar-refractivity contribution in [2.24, 2.45) is 4.99 Å². The Labute approximate surface area is 214 Å². The fourth-order valence-corrected chi connectivity index (χ4v) is 4.71. The SMILES string of the molecule is COc1cc(C=C2OCCN3C2=NC(c2ccccc2)N3c2ccc(F)cc2)ccc1-n1cnc(C)c1. The summed E-state index contributed by atoms with van der Waals surface area (Å²) < 4.78 is 27.5. The van der Waals surface area contributed by atoms with Crippen molar-refractivity contribution in [3.8, 4) is 11.4 Å². The first-order valence-corrected chi connectivity index (χ1v) is 12.1. The molecule has 0 spiro atoms. The molecule has 8 heteroatoms. The van der Waals surface area contributed by atoms with Gasteiger partial charge in [0.05, 0.1) is 37.1 Å². The lowest BCUT2D eigenvalue weighted by Gasteiger charge is -2.38. The van der Waals surface area contributed by atoms with Crippen molar-refractivity contribution in [3.63, 3.8) is 0 Å². The standard InChI is InChI=1S/C29H26FN5O2/c1-20-18-33(19-31-20)25-13-8-21(16-26(25)36-2)17-27-29-32-28(22-6-4-3-5-7-22)35(34(29)14-15-37-27)24-11-9-23(30)10-12-24/h3-13,16-19,28H,14-15H2,1-2H3. The number of fused-ring (bicyclic) bond motifs is 1. The van der Waals surface area contributed by atoms with Gasteiger partial charge in [-0.3, -0.25) is 10.0 Å². The number of morpholine rings is 1. The van der Waals surface area contributed by atoms with Crippen molar-refractivity contribution in [3.05, 3.63) is 114 Å². The number of aliphatic imine (C=N–C) groups is 1. The average Bonchev–Trinajstić information content (AvgIpc) is 3.54. The van der Waals surface area contributed by atoms with Gasteiger partial charge < -0.3 is 14.0 Å². The quantitative estimate of drug-likeness (QED) is 0.364. The number of amidine groups is 1. The Balaban J connectivity index is 1.39. The van der Waals surface area contributed by atoms with E-state index in [4.69, 9.17) is 14.5 Å². The molecule has 0 amide bonds. The maximum absolute atomic E-state index is 13.7. The van der Waals surface area contributed by atoms with Crippen LogP contribution in [0.15, 0.2) is 96.1 Å². The third-order valence-corrected chi connectivity index (χ3v) is 6.44. The molecule has 3 heterocycles. The highest BCUT2D eigenvalue weighted by Crippen LogP contribution is 2.38. The number of methoxy groups -OCH3 is 1. The highest BCUT2D eigenvalue weighted by Gasteiger charge is 2.39. The Morgan fingerprint density at radius 1 is 1.05 bits per heavy atom. The van der Waals surface area contributed by atoms with Crippen LogP contribution >= 0.6 is 0 Å². The Bertz CT molecular complexity index is 1480. The van der Waals surface area contributed by atoms with E-state index in [2.05, 4.69) is 27.1 Å². The summed E-state index contributed by atoms with van der Waals surface area (Å²) in [7, 11) is 1.66. The van der Waals surface area contributed by atoms with Crippen LogP contribution in [-0.4, -0.2) is 40.7 Å². The van der Waals surface area contributed by atoms with Crippen LogP contribution in [0, 0.1) is 12.7 Å². The minimum Gasteiger partial charge on any atom is -0.495 e. The predicted molar refractivity (Wildman–Crippen MR) is 141 cm³/mol. The Morgan fingerprint density at radius 3 is 2.59 bits per heavy atom. The molecule has 2 aliphatic rings. The molecule has 6 rings (SSSR count). The molecule has 1 unspecified atom stereocenters. The largest absolute Gasteiger partial charge is 0.495 e. The summed E-state index contributed by atoms with van der Waals surface area (Å²) >= 11 is 0. The average molecular weight is 496 g/mol. The molecular weight excluding hydrogens is 469 g/mol. The van der Waals surface area contributed by atoms with Gasteiger partial charge in [0, 0.05) is 6.20 Å². The molecule has 0 N–H and O–H groups in total. The molecular formula is C29H26FN5O2. The van der Waals surface area contributed by atoms with Gasteiger partial charge in [-0.05, 0) is 60.5 Å². The fraction of sp³-hybridized carbons (Fsp3) is 0.172. The first-order valence-electron chi connectivity index (χ1n) is 12.1. The lowest BCUT2D eigenvalue weighted by molar-refractivity contribution is 0.169. The number of hydrogen-bond donors (Lipinski definition) is 0. The number of imidazole rings is 1. The molecule has 0 radical (unpaired) electrons. The first-order chi connectivity index (χ1) is 18.1. The summed E-state index contributed by atoms with van der Waals surface area (Å²) in [5, 5.41) is 4.21. The molecule has 186 valence electrons. The molecule has 3 aromatic carbocycles. The van der Waals surface area contributed by atoms with Crippen LogP contribution in [0.3, 0.4) is 0 Å². The van der Waals surface area contributed by atoms with Crippen LogP contribution in [0.4, 0.5) is 10.1 Å². The third-order valence-electron chi connectivity index (χ3n) is 6.44. The van der Waals surface area contributed by atoms with Crippen molar-refractivity contribution < 1.29 is 13.9 Å². The van der Waals surface area contributed by atoms with E-state index in [0.29, 0.717) is 18.9 Å². The van der Waals surface area contributed by atoms with Crippen LogP contribution < -0.4 is 9.75 Å². The molecule has 0 aliphatic carbocycles. The normalized spacial score (nSPS) is 18.0. The molecule has 4 aromatic rings. The minimum absolute atomic E-state index is 0.272. The molecule has 1 aromatic heterocycles. The number of benzene rings is 3. The van der Waals surface area contributed by atoms with Crippen molar-refractivity contribution in [1.29, 1.82) is 0 Å². The van der Waals surface area contributed by atoms with Crippen molar-refractivity contribution in [2.45, 2.75) is 13.1 Å². The number of halogens is 1. The molecule has 0 bridgehead atoms. The van der Waals surface area contributed by atoms with Gasteiger partial charge in [0.15, 0.2) is 17.8 Å². The first kappa shape index (κ1) is 22.8. The van der Waals surface area contributed by atoms with Crippen LogP contribution in [0.1, 0.15) is 23.0 Å². The molecule has 0 saturated carbocycles. The predicted octanol–water partition coefficient (Wildman–Crippen LogP) is 5.53. The summed E-state index contributed by atoms with van der Waals surface area (Å²) in [6, 6.07) is 22.6. The molecule has 1 atom stereocenters. The van der Waals surface area contributed by atoms with Gasteiger partial charge in [-0.15, -0.1) is 0 Å². The van der Waals surface area contributed by atoms with Crippen molar-refractivity contribution in [1.82, 2.24) is 14.6 Å². The van der Waals surface area contributed by atoms with Crippen molar-refractivity contribution >= 4 is 17.6 Å². The van der Waals surface area contributed by atoms with Gasteiger partial charge in [-0.25, -0.2) is 14.4 Å². The van der Waals surface area contributed by atoms with E-state index < -0.39 is 0 Å². The van der Waals surface area contributed by atoms with Gasteiger partial charge in [0.1, 0.15) is 18.2 Å². The van der Waals surface area contributed by atoms with Gasteiger partial charge >= 0.3 is 0 Å². The summed E-state index contributed by atoms with van der Waals surface area (Å²) in [6.07, 6.45) is 5.41. The molecule has 1 saturated heterocycles. The second-order valence-electron chi connectivity index (χ2n) is 8.89. The van der Waals surface area contributed by atoms with E-state index >= 15 is 0 Å². The van der Waals surface area contributed by atoms with Crippen LogP contribution in [0.5, 0.6) is 5.75 Å². The third kappa shape index (κ3) is 4.31. The summed E-state index contributed by atoms with van der Waals surface area (Å²) in [6.45, 7) is 3.07. The second kappa shape index (κ2) is 9.46. The Kier molecular flexibility index (Phi) is 5.84. The van der Waals surface area contributed by atoms with E-state index in [1.54, 1.807) is 25.6 Å². The molecule has 7 nitrogen and oxygen atoms in total. The summed E-state index contributed by atoms with van der Waals surface area (Å²) in [5.41, 5.74) is 4.66. The Morgan fingerprint density at radius 2 is 1.86 bits per heavy atom. The maximum atomic E-state index is 13.7. The fourth-order valence-electron chi connectivity index (χ4n) is 4.71. The maximum Gasteiger partial charge on any atom is 0.188 e. The highest BCUT2D eigenvalue weighted by atomic mass is 19.1. The zero-order valence-electron chi connectivity index (χ0n) is 20.6. The molecule has 1 fully saturated rings. The Hall–Kier alpha value is -4.59.